The van der Waals surface area contributed by atoms with Crippen LogP contribution in [0, 0.1) is 0 Å². The Labute approximate surface area is 184 Å². The molecule has 148 valence electrons. The minimum absolute atomic E-state index is 0.0238. The van der Waals surface area contributed by atoms with Crippen LogP contribution in [0.5, 0.6) is 23.0 Å². The first kappa shape index (κ1) is 19.1. The van der Waals surface area contributed by atoms with Crippen molar-refractivity contribution in [1.82, 2.24) is 0 Å². The van der Waals surface area contributed by atoms with E-state index in [4.69, 9.17) is 55.9 Å². The van der Waals surface area contributed by atoms with Crippen LogP contribution in [0.15, 0.2) is 42.5 Å². The summed E-state index contributed by atoms with van der Waals surface area (Å²) < 4.78 is 11.9. The second kappa shape index (κ2) is 6.08. The maximum absolute atomic E-state index is 10.9. The van der Waals surface area contributed by atoms with E-state index in [9.17, 15) is 15.3 Å². The van der Waals surface area contributed by atoms with Gasteiger partial charge < -0.3 is 24.8 Å². The number of aliphatic hydroxyl groups is 1. The van der Waals surface area contributed by atoms with Gasteiger partial charge in [0.05, 0.1) is 20.6 Å². The number of rotatable bonds is 0. The highest BCUT2D eigenvalue weighted by Crippen LogP contribution is 2.63. The summed E-state index contributed by atoms with van der Waals surface area (Å²) in [5.41, 5.74) is -0.193. The fourth-order valence-electron chi connectivity index (χ4n) is 3.92. The maximum atomic E-state index is 10.9. The Morgan fingerprint density at radius 1 is 0.759 bits per heavy atom. The van der Waals surface area contributed by atoms with Crippen LogP contribution in [0.4, 0.5) is 0 Å². The third-order valence-electron chi connectivity index (χ3n) is 5.05. The first-order chi connectivity index (χ1) is 13.6. The van der Waals surface area contributed by atoms with Crippen molar-refractivity contribution >= 4 is 46.4 Å². The molecule has 3 aromatic rings. The Morgan fingerprint density at radius 2 is 1.31 bits per heavy atom. The van der Waals surface area contributed by atoms with E-state index < -0.39 is 10.8 Å². The molecule has 0 amide bonds. The zero-order valence-corrected chi connectivity index (χ0v) is 17.2. The number of hydrogen-bond donors (Lipinski definition) is 3. The van der Waals surface area contributed by atoms with E-state index in [0.717, 1.165) is 0 Å². The standard InChI is InChI=1S/C20H10Cl4O5/c21-13-7-12-16(18(23)17(13)22)20(24,27)29-19(12)10-3-1-8(25)5-14(10)28-15-6-9(26)2-4-11(15)19/h1-7,25-27H. The van der Waals surface area contributed by atoms with Gasteiger partial charge in [0, 0.05) is 28.8 Å². The van der Waals surface area contributed by atoms with Crippen molar-refractivity contribution < 1.29 is 24.8 Å². The van der Waals surface area contributed by atoms with Gasteiger partial charge in [-0.25, -0.2) is 0 Å². The molecular weight excluding hydrogens is 462 g/mol. The average Bonchev–Trinajstić information content (AvgIpc) is 2.87. The van der Waals surface area contributed by atoms with Gasteiger partial charge in [-0.05, 0) is 30.3 Å². The molecule has 2 aliphatic heterocycles. The molecule has 0 aromatic heterocycles. The van der Waals surface area contributed by atoms with Crippen molar-refractivity contribution in [3.8, 4) is 23.0 Å². The smallest absolute Gasteiger partial charge is 0.277 e. The highest BCUT2D eigenvalue weighted by Gasteiger charge is 2.59. The third-order valence-corrected chi connectivity index (χ3v) is 6.58. The third kappa shape index (κ3) is 2.49. The highest BCUT2D eigenvalue weighted by molar-refractivity contribution is 6.48. The molecule has 1 atom stereocenters. The summed E-state index contributed by atoms with van der Waals surface area (Å²) in [5.74, 6) is 0.388. The summed E-state index contributed by atoms with van der Waals surface area (Å²) in [6.45, 7) is 0. The first-order valence-corrected chi connectivity index (χ1v) is 9.81. The van der Waals surface area contributed by atoms with Gasteiger partial charge in [-0.3, -0.25) is 0 Å². The van der Waals surface area contributed by atoms with Crippen LogP contribution >= 0.6 is 46.4 Å². The minimum atomic E-state index is -2.33. The fourth-order valence-corrected chi connectivity index (χ4v) is 5.01. The zero-order valence-electron chi connectivity index (χ0n) is 14.2. The van der Waals surface area contributed by atoms with E-state index in [2.05, 4.69) is 0 Å². The molecule has 0 bridgehead atoms. The quantitative estimate of drug-likeness (QED) is 0.284. The van der Waals surface area contributed by atoms with Crippen molar-refractivity contribution in [2.24, 2.45) is 0 Å². The van der Waals surface area contributed by atoms with Crippen LogP contribution in [0.1, 0.15) is 22.3 Å². The van der Waals surface area contributed by atoms with Crippen molar-refractivity contribution in [1.29, 1.82) is 0 Å². The number of phenols is 2. The van der Waals surface area contributed by atoms with E-state index in [1.54, 1.807) is 12.1 Å². The van der Waals surface area contributed by atoms with Crippen molar-refractivity contribution in [3.63, 3.8) is 0 Å². The maximum Gasteiger partial charge on any atom is 0.277 e. The lowest BCUT2D eigenvalue weighted by atomic mass is 9.77. The number of benzene rings is 3. The predicted molar refractivity (Wildman–Crippen MR) is 108 cm³/mol. The molecule has 5 nitrogen and oxygen atoms in total. The second-order valence-corrected chi connectivity index (χ2v) is 8.39. The summed E-state index contributed by atoms with van der Waals surface area (Å²) in [7, 11) is 0. The summed E-state index contributed by atoms with van der Waals surface area (Å²) in [5, 5.41) is 28.6. The molecule has 3 aromatic carbocycles. The van der Waals surface area contributed by atoms with Gasteiger partial charge >= 0.3 is 0 Å². The van der Waals surface area contributed by atoms with Crippen molar-refractivity contribution in [2.45, 2.75) is 10.8 Å². The van der Waals surface area contributed by atoms with Crippen LogP contribution in [0.25, 0.3) is 0 Å². The molecule has 0 saturated carbocycles. The molecule has 0 radical (unpaired) electrons. The van der Waals surface area contributed by atoms with Gasteiger partial charge in [0.2, 0.25) is 0 Å². The van der Waals surface area contributed by atoms with Gasteiger partial charge in [-0.15, -0.1) is 0 Å². The number of hydrogen-bond acceptors (Lipinski definition) is 5. The summed E-state index contributed by atoms with van der Waals surface area (Å²) in [4.78, 5) is 0. The molecule has 1 spiro atoms. The monoisotopic (exact) mass is 470 g/mol. The topological polar surface area (TPSA) is 79.2 Å². The lowest BCUT2D eigenvalue weighted by molar-refractivity contribution is -0.178. The predicted octanol–water partition coefficient (Wildman–Crippen LogP) is 5.83. The number of ether oxygens (including phenoxy) is 2. The normalized spacial score (nSPS) is 20.7. The second-order valence-electron chi connectivity index (χ2n) is 6.72. The van der Waals surface area contributed by atoms with Gasteiger partial charge in [-0.1, -0.05) is 46.4 Å². The van der Waals surface area contributed by atoms with Crippen LogP contribution in [-0.4, -0.2) is 15.3 Å². The lowest BCUT2D eigenvalue weighted by Crippen LogP contribution is -2.34. The molecule has 9 heteroatoms. The Balaban J connectivity index is 1.95. The lowest BCUT2D eigenvalue weighted by Gasteiger charge is -2.38. The van der Waals surface area contributed by atoms with Crippen LogP contribution in [0.2, 0.25) is 15.1 Å². The molecule has 1 unspecified atom stereocenters. The number of aromatic hydroxyl groups is 2. The van der Waals surface area contributed by atoms with Crippen molar-refractivity contribution in [2.75, 3.05) is 0 Å². The number of alkyl halides is 1. The van der Waals surface area contributed by atoms with Gasteiger partial charge in [0.15, 0.2) is 5.60 Å². The van der Waals surface area contributed by atoms with E-state index >= 15 is 0 Å². The van der Waals surface area contributed by atoms with Crippen LogP contribution in [-0.2, 0) is 15.6 Å². The van der Waals surface area contributed by atoms with E-state index in [0.29, 0.717) is 16.7 Å². The number of fused-ring (bicyclic) bond motifs is 6. The molecule has 0 fully saturated rings. The molecule has 29 heavy (non-hydrogen) atoms. The van der Waals surface area contributed by atoms with E-state index in [1.807, 2.05) is 0 Å². The Morgan fingerprint density at radius 3 is 1.86 bits per heavy atom. The molecular formula is C20H10Cl4O5. The van der Waals surface area contributed by atoms with Crippen molar-refractivity contribution in [3.05, 3.63) is 79.8 Å². The van der Waals surface area contributed by atoms with Gasteiger partial charge in [0.25, 0.3) is 5.25 Å². The summed E-state index contributed by atoms with van der Waals surface area (Å²) in [6, 6.07) is 10.4. The summed E-state index contributed by atoms with van der Waals surface area (Å²) >= 11 is 25.2. The van der Waals surface area contributed by atoms with Crippen LogP contribution in [0.3, 0.4) is 0 Å². The summed E-state index contributed by atoms with van der Waals surface area (Å²) in [6.07, 6.45) is 0. The largest absolute Gasteiger partial charge is 0.508 e. The highest BCUT2D eigenvalue weighted by atomic mass is 35.5. The molecule has 2 heterocycles. The minimum Gasteiger partial charge on any atom is -0.508 e. The van der Waals surface area contributed by atoms with Gasteiger partial charge in [0.1, 0.15) is 23.0 Å². The first-order valence-electron chi connectivity index (χ1n) is 8.30. The van der Waals surface area contributed by atoms with E-state index in [-0.39, 0.29) is 43.6 Å². The molecule has 0 saturated heterocycles. The Bertz CT molecular complexity index is 1160. The molecule has 3 N–H and O–H groups in total. The Kier molecular flexibility index (Phi) is 4.01. The molecule has 5 rings (SSSR count). The average molecular weight is 472 g/mol. The Hall–Kier alpha value is -1.86. The zero-order chi connectivity index (χ0) is 20.7. The fraction of sp³-hybridized carbons (Fsp3) is 0.100. The molecule has 0 aliphatic carbocycles. The SMILES string of the molecule is Oc1ccc2c(c1)Oc1cc(O)ccc1C21OC(O)(Cl)c2c1cc(Cl)c(Cl)c2Cl. The van der Waals surface area contributed by atoms with Crippen LogP contribution < -0.4 is 4.74 Å². The van der Waals surface area contributed by atoms with E-state index in [1.165, 1.54) is 30.3 Å². The number of phenolic OH excluding ortho intramolecular Hbond substituents is 2. The number of halogens is 4. The van der Waals surface area contributed by atoms with Gasteiger partial charge in [-0.2, -0.15) is 0 Å². The molecule has 2 aliphatic rings.